The maximum atomic E-state index is 11.4. The van der Waals surface area contributed by atoms with Crippen LogP contribution in [0.1, 0.15) is 34.1 Å². The van der Waals surface area contributed by atoms with Crippen LogP contribution in [0, 0.1) is 6.57 Å². The molecule has 3 nitrogen and oxygen atoms in total. The number of rotatable bonds is 3. The second-order valence-corrected chi connectivity index (χ2v) is 4.34. The predicted molar refractivity (Wildman–Crippen MR) is 55.7 cm³/mol. The minimum Gasteiger partial charge on any atom is -0.454 e. The van der Waals surface area contributed by atoms with Gasteiger partial charge in [-0.05, 0) is 27.7 Å². The first-order valence-corrected chi connectivity index (χ1v) is 4.50. The fraction of sp³-hybridized carbons (Fsp3) is 0.636. The van der Waals surface area contributed by atoms with E-state index in [4.69, 9.17) is 11.3 Å². The molecule has 0 aromatic carbocycles. The summed E-state index contributed by atoms with van der Waals surface area (Å²) in [5.41, 5.74) is 0.284. The number of nitrogens with zero attached hydrogens (tertiary/aromatic N) is 1. The second-order valence-electron chi connectivity index (χ2n) is 4.34. The smallest absolute Gasteiger partial charge is 0.391 e. The van der Waals surface area contributed by atoms with Crippen LogP contribution in [-0.4, -0.2) is 17.6 Å². The molecule has 14 heavy (non-hydrogen) atoms. The Balaban J connectivity index is 4.35. The average molecular weight is 195 g/mol. The third-order valence-electron chi connectivity index (χ3n) is 1.38. The molecule has 0 radical (unpaired) electrons. The Labute approximate surface area is 85.6 Å². The van der Waals surface area contributed by atoms with Crippen molar-refractivity contribution in [1.82, 2.24) is 0 Å². The molecule has 0 bridgehead atoms. The third-order valence-corrected chi connectivity index (χ3v) is 1.38. The molecule has 0 aromatic rings. The standard InChI is InChI=1S/C11H17NO2/c1-8(2)7-9(12-6)10(13)14-11(3,4)5/h9H,1,7H2,2-5H3. The Bertz CT molecular complexity index is 268. The fourth-order valence-electron chi connectivity index (χ4n) is 0.882. The van der Waals surface area contributed by atoms with Crippen LogP contribution in [0.3, 0.4) is 0 Å². The first-order valence-electron chi connectivity index (χ1n) is 4.50. The van der Waals surface area contributed by atoms with E-state index in [1.165, 1.54) is 0 Å². The molecule has 0 aliphatic rings. The van der Waals surface area contributed by atoms with Crippen molar-refractivity contribution in [1.29, 1.82) is 0 Å². The molecule has 0 amide bonds. The van der Waals surface area contributed by atoms with Crippen LogP contribution in [0.15, 0.2) is 12.2 Å². The summed E-state index contributed by atoms with van der Waals surface area (Å²) in [5.74, 6) is -0.463. The minimum absolute atomic E-state index is 0.373. The molecule has 0 fully saturated rings. The van der Waals surface area contributed by atoms with Gasteiger partial charge in [-0.2, -0.15) is 0 Å². The number of ether oxygens (including phenoxy) is 1. The molecular formula is C11H17NO2. The lowest BCUT2D eigenvalue weighted by Crippen LogP contribution is -2.30. The summed E-state index contributed by atoms with van der Waals surface area (Å²) in [6, 6.07) is -0.744. The number of carbonyl (C=O) groups excluding carboxylic acids is 1. The van der Waals surface area contributed by atoms with E-state index in [2.05, 4.69) is 11.4 Å². The highest BCUT2D eigenvalue weighted by Gasteiger charge is 2.29. The van der Waals surface area contributed by atoms with Gasteiger partial charge in [-0.15, -0.1) is 0 Å². The van der Waals surface area contributed by atoms with Crippen molar-refractivity contribution in [3.8, 4) is 0 Å². The molecule has 0 aliphatic heterocycles. The number of hydrogen-bond donors (Lipinski definition) is 0. The normalized spacial score (nSPS) is 12.8. The molecule has 0 aromatic heterocycles. The zero-order chi connectivity index (χ0) is 11.4. The van der Waals surface area contributed by atoms with Crippen molar-refractivity contribution in [2.24, 2.45) is 0 Å². The highest BCUT2D eigenvalue weighted by atomic mass is 16.6. The summed E-state index contributed by atoms with van der Waals surface area (Å²) in [4.78, 5) is 14.7. The van der Waals surface area contributed by atoms with Gasteiger partial charge in [-0.1, -0.05) is 12.2 Å². The Morgan fingerprint density at radius 2 is 2.07 bits per heavy atom. The van der Waals surface area contributed by atoms with Crippen molar-refractivity contribution in [2.45, 2.75) is 45.8 Å². The summed E-state index contributed by atoms with van der Waals surface area (Å²) in [5, 5.41) is 0. The topological polar surface area (TPSA) is 30.7 Å². The van der Waals surface area contributed by atoms with E-state index in [0.29, 0.717) is 6.42 Å². The number of carbonyl (C=O) groups is 1. The largest absolute Gasteiger partial charge is 0.454 e. The summed E-state index contributed by atoms with van der Waals surface area (Å²) in [6.07, 6.45) is 0.373. The van der Waals surface area contributed by atoms with E-state index < -0.39 is 17.6 Å². The van der Waals surface area contributed by atoms with Crippen LogP contribution in [0.5, 0.6) is 0 Å². The lowest BCUT2D eigenvalue weighted by atomic mass is 10.1. The van der Waals surface area contributed by atoms with Gasteiger partial charge < -0.3 is 9.58 Å². The van der Waals surface area contributed by atoms with Gasteiger partial charge in [0.1, 0.15) is 5.60 Å². The van der Waals surface area contributed by atoms with Gasteiger partial charge in [-0.3, -0.25) is 0 Å². The van der Waals surface area contributed by atoms with E-state index in [1.54, 1.807) is 27.7 Å². The first kappa shape index (κ1) is 12.7. The second kappa shape index (κ2) is 4.80. The van der Waals surface area contributed by atoms with Gasteiger partial charge in [0.2, 0.25) is 0 Å². The predicted octanol–water partition coefficient (Wildman–Crippen LogP) is 2.58. The van der Waals surface area contributed by atoms with Crippen LogP contribution in [-0.2, 0) is 9.53 Å². The molecule has 0 heterocycles. The molecule has 78 valence electrons. The van der Waals surface area contributed by atoms with Crippen LogP contribution >= 0.6 is 0 Å². The Kier molecular flexibility index (Phi) is 4.36. The van der Waals surface area contributed by atoms with E-state index in [-0.39, 0.29) is 0 Å². The van der Waals surface area contributed by atoms with Gasteiger partial charge in [0.15, 0.2) is 0 Å². The monoisotopic (exact) mass is 195 g/mol. The van der Waals surface area contributed by atoms with E-state index in [1.807, 2.05) is 0 Å². The highest BCUT2D eigenvalue weighted by Crippen LogP contribution is 2.13. The lowest BCUT2D eigenvalue weighted by Gasteiger charge is -2.19. The number of hydrogen-bond acceptors (Lipinski definition) is 2. The maximum absolute atomic E-state index is 11.4. The minimum atomic E-state index is -0.744. The summed E-state index contributed by atoms with van der Waals surface area (Å²) in [7, 11) is 0. The summed E-state index contributed by atoms with van der Waals surface area (Å²) in [6.45, 7) is 17.7. The molecule has 0 N–H and O–H groups in total. The van der Waals surface area contributed by atoms with Crippen LogP contribution in [0.25, 0.3) is 4.85 Å². The third kappa shape index (κ3) is 5.36. The van der Waals surface area contributed by atoms with E-state index in [0.717, 1.165) is 5.57 Å². The molecule has 0 saturated carbocycles. The zero-order valence-electron chi connectivity index (χ0n) is 9.26. The SMILES string of the molecule is [C-]#[N+]C(CC(=C)C)C(=O)OC(C)(C)C. The van der Waals surface area contributed by atoms with Crippen molar-refractivity contribution in [3.05, 3.63) is 23.6 Å². The molecule has 1 atom stereocenters. The molecule has 0 saturated heterocycles. The van der Waals surface area contributed by atoms with E-state index in [9.17, 15) is 4.79 Å². The Hall–Kier alpha value is -1.30. The van der Waals surface area contributed by atoms with Gasteiger partial charge in [0.05, 0.1) is 6.42 Å². The van der Waals surface area contributed by atoms with Crippen LogP contribution < -0.4 is 0 Å². The summed E-state index contributed by atoms with van der Waals surface area (Å²) < 4.78 is 5.10. The van der Waals surface area contributed by atoms with Crippen molar-refractivity contribution < 1.29 is 9.53 Å². The summed E-state index contributed by atoms with van der Waals surface area (Å²) >= 11 is 0. The molecule has 0 rings (SSSR count). The van der Waals surface area contributed by atoms with Crippen molar-refractivity contribution >= 4 is 5.97 Å². The quantitative estimate of drug-likeness (QED) is 0.393. The average Bonchev–Trinajstić information content (AvgIpc) is 1.96. The van der Waals surface area contributed by atoms with Gasteiger partial charge in [0, 0.05) is 0 Å². The lowest BCUT2D eigenvalue weighted by molar-refractivity contribution is -0.155. The first-order chi connectivity index (χ1) is 6.26. The molecule has 3 heteroatoms. The molecular weight excluding hydrogens is 178 g/mol. The van der Waals surface area contributed by atoms with Gasteiger partial charge in [0.25, 0.3) is 0 Å². The molecule has 0 aliphatic carbocycles. The Morgan fingerprint density at radius 3 is 2.36 bits per heavy atom. The Morgan fingerprint density at radius 1 is 1.57 bits per heavy atom. The maximum Gasteiger partial charge on any atom is 0.391 e. The van der Waals surface area contributed by atoms with Gasteiger partial charge >= 0.3 is 12.0 Å². The number of esters is 1. The van der Waals surface area contributed by atoms with Gasteiger partial charge in [-0.25, -0.2) is 11.4 Å². The van der Waals surface area contributed by atoms with E-state index >= 15 is 0 Å². The van der Waals surface area contributed by atoms with Crippen molar-refractivity contribution in [3.63, 3.8) is 0 Å². The van der Waals surface area contributed by atoms with Crippen LogP contribution in [0.2, 0.25) is 0 Å². The fourth-order valence-corrected chi connectivity index (χ4v) is 0.882. The molecule has 0 spiro atoms. The molecule has 1 unspecified atom stereocenters. The highest BCUT2D eigenvalue weighted by molar-refractivity contribution is 5.78. The van der Waals surface area contributed by atoms with Crippen molar-refractivity contribution in [2.75, 3.05) is 0 Å². The zero-order valence-corrected chi connectivity index (χ0v) is 9.26. The van der Waals surface area contributed by atoms with Crippen LogP contribution in [0.4, 0.5) is 0 Å².